The van der Waals surface area contributed by atoms with E-state index in [1.54, 1.807) is 0 Å². The maximum absolute atomic E-state index is 5.63. The van der Waals surface area contributed by atoms with E-state index < -0.39 is 0 Å². The third-order valence-electron chi connectivity index (χ3n) is 2.82. The number of benzene rings is 1. The van der Waals surface area contributed by atoms with Crippen molar-refractivity contribution in [1.82, 2.24) is 5.32 Å². The minimum atomic E-state index is 0.629. The summed E-state index contributed by atoms with van der Waals surface area (Å²) in [6.45, 7) is 6.81. The van der Waals surface area contributed by atoms with Crippen molar-refractivity contribution in [3.8, 4) is 0 Å². The summed E-state index contributed by atoms with van der Waals surface area (Å²) in [4.78, 5) is 0. The molecule has 17 heavy (non-hydrogen) atoms. The Labute approximate surface area is 113 Å². The third-order valence-corrected chi connectivity index (χ3v) is 3.32. The molecule has 0 aliphatic rings. The van der Waals surface area contributed by atoms with Gasteiger partial charge >= 0.3 is 0 Å². The average molecular weight is 300 g/mol. The van der Waals surface area contributed by atoms with Crippen LogP contribution in [0.5, 0.6) is 0 Å². The second-order valence-corrected chi connectivity index (χ2v) is 5.07. The van der Waals surface area contributed by atoms with E-state index in [0.717, 1.165) is 17.6 Å². The number of hydrogen-bond acceptors (Lipinski definition) is 2. The molecular weight excluding hydrogens is 278 g/mol. The highest BCUT2D eigenvalue weighted by atomic mass is 79.9. The molecular formula is C14H22BrNO. The maximum atomic E-state index is 5.63. The number of hydrogen-bond donors (Lipinski definition) is 1. The second kappa shape index (κ2) is 8.67. The van der Waals surface area contributed by atoms with Crippen LogP contribution in [0.1, 0.15) is 32.3 Å². The van der Waals surface area contributed by atoms with Gasteiger partial charge in [0.15, 0.2) is 0 Å². The van der Waals surface area contributed by atoms with Crippen LogP contribution in [0.25, 0.3) is 0 Å². The molecule has 0 heterocycles. The zero-order valence-electron chi connectivity index (χ0n) is 10.7. The lowest BCUT2D eigenvalue weighted by Crippen LogP contribution is -2.30. The Bertz CT molecular complexity index is 313. The summed E-state index contributed by atoms with van der Waals surface area (Å²) >= 11 is 3.45. The highest BCUT2D eigenvalue weighted by Gasteiger charge is 2.00. The number of halogens is 1. The fourth-order valence-electron chi connectivity index (χ4n) is 1.73. The van der Waals surface area contributed by atoms with Crippen LogP contribution in [-0.2, 0) is 11.3 Å². The topological polar surface area (TPSA) is 21.3 Å². The fourth-order valence-corrected chi connectivity index (χ4v) is 2.18. The highest BCUT2D eigenvalue weighted by molar-refractivity contribution is 9.10. The van der Waals surface area contributed by atoms with E-state index in [-0.39, 0.29) is 0 Å². The van der Waals surface area contributed by atoms with Crippen molar-refractivity contribution in [3.63, 3.8) is 0 Å². The zero-order chi connectivity index (χ0) is 12.5. The standard InChI is InChI=1S/C14H22BrNO/c1-3-14(4-2)16-8-9-17-11-12-6-5-7-13(15)10-12/h5-7,10,14,16H,3-4,8-9,11H2,1-2H3. The van der Waals surface area contributed by atoms with Crippen molar-refractivity contribution in [2.45, 2.75) is 39.3 Å². The largest absolute Gasteiger partial charge is 0.375 e. The molecule has 0 radical (unpaired) electrons. The smallest absolute Gasteiger partial charge is 0.0717 e. The molecule has 1 aromatic rings. The van der Waals surface area contributed by atoms with Crippen LogP contribution in [0.2, 0.25) is 0 Å². The van der Waals surface area contributed by atoms with Crippen molar-refractivity contribution < 1.29 is 4.74 Å². The van der Waals surface area contributed by atoms with Crippen molar-refractivity contribution in [2.75, 3.05) is 13.2 Å². The van der Waals surface area contributed by atoms with Crippen molar-refractivity contribution in [3.05, 3.63) is 34.3 Å². The Hall–Kier alpha value is -0.380. The summed E-state index contributed by atoms with van der Waals surface area (Å²) in [5, 5.41) is 3.48. The summed E-state index contributed by atoms with van der Waals surface area (Å²) in [5.74, 6) is 0. The molecule has 0 atom stereocenters. The van der Waals surface area contributed by atoms with Crippen molar-refractivity contribution >= 4 is 15.9 Å². The number of nitrogens with one attached hydrogen (secondary N) is 1. The van der Waals surface area contributed by atoms with Gasteiger partial charge in [-0.1, -0.05) is 41.9 Å². The predicted octanol–water partition coefficient (Wildman–Crippen LogP) is 3.74. The van der Waals surface area contributed by atoms with E-state index in [1.807, 2.05) is 12.1 Å². The van der Waals surface area contributed by atoms with Gasteiger partial charge in [-0.05, 0) is 30.5 Å². The minimum Gasteiger partial charge on any atom is -0.375 e. The Balaban J connectivity index is 2.12. The molecule has 2 nitrogen and oxygen atoms in total. The van der Waals surface area contributed by atoms with Crippen LogP contribution < -0.4 is 5.32 Å². The molecule has 0 saturated carbocycles. The third kappa shape index (κ3) is 6.20. The van der Waals surface area contributed by atoms with Gasteiger partial charge in [0.25, 0.3) is 0 Å². The molecule has 1 aromatic carbocycles. The van der Waals surface area contributed by atoms with Gasteiger partial charge in [0, 0.05) is 17.1 Å². The quantitative estimate of drug-likeness (QED) is 0.738. The summed E-state index contributed by atoms with van der Waals surface area (Å²) in [6.07, 6.45) is 2.37. The van der Waals surface area contributed by atoms with Crippen LogP contribution in [0.4, 0.5) is 0 Å². The van der Waals surface area contributed by atoms with E-state index in [1.165, 1.54) is 18.4 Å². The van der Waals surface area contributed by atoms with Gasteiger partial charge in [-0.15, -0.1) is 0 Å². The lowest BCUT2D eigenvalue weighted by atomic mass is 10.2. The summed E-state index contributed by atoms with van der Waals surface area (Å²) in [6, 6.07) is 8.86. The van der Waals surface area contributed by atoms with E-state index in [4.69, 9.17) is 4.74 Å². The summed E-state index contributed by atoms with van der Waals surface area (Å²) in [7, 11) is 0. The molecule has 0 bridgehead atoms. The van der Waals surface area contributed by atoms with E-state index in [9.17, 15) is 0 Å². The Morgan fingerprint density at radius 2 is 2.06 bits per heavy atom. The van der Waals surface area contributed by atoms with Crippen LogP contribution in [0, 0.1) is 0 Å². The molecule has 0 aliphatic heterocycles. The monoisotopic (exact) mass is 299 g/mol. The molecule has 1 rings (SSSR count). The van der Waals surface area contributed by atoms with Crippen molar-refractivity contribution in [1.29, 1.82) is 0 Å². The van der Waals surface area contributed by atoms with Gasteiger partial charge in [0.2, 0.25) is 0 Å². The molecule has 0 unspecified atom stereocenters. The van der Waals surface area contributed by atoms with Crippen molar-refractivity contribution in [2.24, 2.45) is 0 Å². The summed E-state index contributed by atoms with van der Waals surface area (Å²) in [5.41, 5.74) is 1.21. The molecule has 0 aromatic heterocycles. The molecule has 1 N–H and O–H groups in total. The lowest BCUT2D eigenvalue weighted by molar-refractivity contribution is 0.120. The maximum Gasteiger partial charge on any atom is 0.0717 e. The second-order valence-electron chi connectivity index (χ2n) is 4.15. The SMILES string of the molecule is CCC(CC)NCCOCc1cccc(Br)c1. The van der Waals surface area contributed by atoms with Gasteiger partial charge in [-0.3, -0.25) is 0 Å². The van der Waals surface area contributed by atoms with Crippen LogP contribution in [0.15, 0.2) is 28.7 Å². The predicted molar refractivity (Wildman–Crippen MR) is 76.2 cm³/mol. The molecule has 3 heteroatoms. The fraction of sp³-hybridized carbons (Fsp3) is 0.571. The first-order valence-electron chi connectivity index (χ1n) is 6.31. The van der Waals surface area contributed by atoms with Crippen LogP contribution in [0.3, 0.4) is 0 Å². The first-order valence-corrected chi connectivity index (χ1v) is 7.11. The van der Waals surface area contributed by atoms with Gasteiger partial charge in [-0.25, -0.2) is 0 Å². The number of ether oxygens (including phenoxy) is 1. The summed E-state index contributed by atoms with van der Waals surface area (Å²) < 4.78 is 6.74. The highest BCUT2D eigenvalue weighted by Crippen LogP contribution is 2.12. The Morgan fingerprint density at radius 1 is 1.29 bits per heavy atom. The first kappa shape index (κ1) is 14.7. The molecule has 0 fully saturated rings. The first-order chi connectivity index (χ1) is 8.26. The van der Waals surface area contributed by atoms with E-state index in [0.29, 0.717) is 12.6 Å². The normalized spacial score (nSPS) is 11.1. The Morgan fingerprint density at radius 3 is 2.71 bits per heavy atom. The number of rotatable bonds is 8. The zero-order valence-corrected chi connectivity index (χ0v) is 12.3. The molecule has 96 valence electrons. The molecule has 0 amide bonds. The Kier molecular flexibility index (Phi) is 7.49. The van der Waals surface area contributed by atoms with Crippen LogP contribution in [-0.4, -0.2) is 19.2 Å². The minimum absolute atomic E-state index is 0.629. The van der Waals surface area contributed by atoms with Crippen LogP contribution >= 0.6 is 15.9 Å². The lowest BCUT2D eigenvalue weighted by Gasteiger charge is -2.14. The molecule has 0 spiro atoms. The van der Waals surface area contributed by atoms with Gasteiger partial charge in [-0.2, -0.15) is 0 Å². The van der Waals surface area contributed by atoms with Gasteiger partial charge in [0.1, 0.15) is 0 Å². The van der Waals surface area contributed by atoms with Gasteiger partial charge in [0.05, 0.1) is 13.2 Å². The molecule has 0 saturated heterocycles. The van der Waals surface area contributed by atoms with E-state index >= 15 is 0 Å². The average Bonchev–Trinajstić information content (AvgIpc) is 2.34. The molecule has 0 aliphatic carbocycles. The van der Waals surface area contributed by atoms with E-state index in [2.05, 4.69) is 47.2 Å². The van der Waals surface area contributed by atoms with Gasteiger partial charge < -0.3 is 10.1 Å².